The number of halogens is 2. The number of carbonyl (C=O) groups excluding carboxylic acids is 3. The zero-order valence-electron chi connectivity index (χ0n) is 20.3. The number of hydrogen-bond donors (Lipinski definition) is 1. The molecule has 0 bridgehead atoms. The van der Waals surface area contributed by atoms with Gasteiger partial charge in [-0.25, -0.2) is 0 Å². The fourth-order valence-corrected chi connectivity index (χ4v) is 5.28. The minimum absolute atomic E-state index is 0.203. The van der Waals surface area contributed by atoms with Gasteiger partial charge in [-0.2, -0.15) is 0 Å². The van der Waals surface area contributed by atoms with E-state index in [9.17, 15) is 14.4 Å². The lowest BCUT2D eigenvalue weighted by Gasteiger charge is -2.14. The molecule has 1 saturated heterocycles. The molecule has 0 unspecified atom stereocenters. The summed E-state index contributed by atoms with van der Waals surface area (Å²) in [6.45, 7) is -0.0466. The number of amides is 3. The number of ether oxygens (including phenoxy) is 3. The van der Waals surface area contributed by atoms with Crippen LogP contribution in [0.25, 0.3) is 6.08 Å². The van der Waals surface area contributed by atoms with E-state index < -0.39 is 23.6 Å². The Kier molecular flexibility index (Phi) is 9.34. The highest BCUT2D eigenvalue weighted by atomic mass is 127. The molecule has 3 amide bonds. The lowest BCUT2D eigenvalue weighted by molar-refractivity contribution is -0.127. The summed E-state index contributed by atoms with van der Waals surface area (Å²) in [4.78, 5) is 39.0. The van der Waals surface area contributed by atoms with Crippen LogP contribution < -0.4 is 19.5 Å². The monoisotopic (exact) mass is 708 g/mol. The zero-order valence-corrected chi connectivity index (χ0v) is 24.9. The molecule has 4 rings (SSSR count). The Hall–Kier alpha value is -3.03. The smallest absolute Gasteiger partial charge is 0.294 e. The van der Waals surface area contributed by atoms with Crippen LogP contribution in [-0.2, 0) is 16.2 Å². The summed E-state index contributed by atoms with van der Waals surface area (Å²) >= 11 is 6.54. The standard InChI is InChI=1S/C27H22BrIN2O6S/c1-35-20-9-7-19(8-10-20)30-24(32)14-31-26(33)23(38-27(31)34)13-17-11-21(28)25(22(12-17)36-2)37-15-16-3-5-18(29)6-4-16/h3-13H,14-15H2,1-2H3,(H,30,32)/b23-13+. The normalized spacial score (nSPS) is 14.1. The van der Waals surface area contributed by atoms with Crippen LogP contribution in [0.5, 0.6) is 17.2 Å². The maximum Gasteiger partial charge on any atom is 0.294 e. The number of methoxy groups -OCH3 is 2. The Balaban J connectivity index is 1.44. The minimum Gasteiger partial charge on any atom is -0.497 e. The molecule has 1 aliphatic rings. The first-order valence-electron chi connectivity index (χ1n) is 11.2. The van der Waals surface area contributed by atoms with Gasteiger partial charge in [-0.05, 0) is 116 Å². The molecule has 0 aliphatic carbocycles. The Morgan fingerprint density at radius 3 is 2.42 bits per heavy atom. The van der Waals surface area contributed by atoms with E-state index in [0.29, 0.717) is 39.6 Å². The van der Waals surface area contributed by atoms with Gasteiger partial charge < -0.3 is 19.5 Å². The molecular formula is C27H22BrIN2O6S. The van der Waals surface area contributed by atoms with Gasteiger partial charge in [0.25, 0.3) is 11.1 Å². The van der Waals surface area contributed by atoms with E-state index in [1.165, 1.54) is 7.11 Å². The number of imide groups is 1. The average Bonchev–Trinajstić information content (AvgIpc) is 3.16. The average molecular weight is 709 g/mol. The molecule has 0 aromatic heterocycles. The molecule has 1 N–H and O–H groups in total. The van der Waals surface area contributed by atoms with Crippen molar-refractivity contribution >= 4 is 79.1 Å². The highest BCUT2D eigenvalue weighted by Crippen LogP contribution is 2.39. The zero-order chi connectivity index (χ0) is 27.2. The number of carbonyl (C=O) groups is 3. The van der Waals surface area contributed by atoms with Crippen LogP contribution >= 0.6 is 50.3 Å². The number of thioether (sulfide) groups is 1. The van der Waals surface area contributed by atoms with E-state index in [1.807, 2.05) is 24.3 Å². The molecule has 0 spiro atoms. The van der Waals surface area contributed by atoms with Crippen molar-refractivity contribution in [2.75, 3.05) is 26.1 Å². The van der Waals surface area contributed by atoms with Crippen molar-refractivity contribution in [2.45, 2.75) is 6.61 Å². The summed E-state index contributed by atoms with van der Waals surface area (Å²) in [5, 5.41) is 2.16. The fourth-order valence-electron chi connectivity index (χ4n) is 3.51. The maximum atomic E-state index is 12.9. The second-order valence-electron chi connectivity index (χ2n) is 7.99. The number of benzene rings is 3. The van der Waals surface area contributed by atoms with E-state index in [2.05, 4.69) is 43.8 Å². The number of hydrogen-bond acceptors (Lipinski definition) is 7. The number of rotatable bonds is 9. The lowest BCUT2D eigenvalue weighted by atomic mass is 10.1. The van der Waals surface area contributed by atoms with Crippen molar-refractivity contribution in [1.29, 1.82) is 0 Å². The summed E-state index contributed by atoms with van der Waals surface area (Å²) in [5.41, 5.74) is 2.16. The molecule has 3 aromatic rings. The molecule has 3 aromatic carbocycles. The Morgan fingerprint density at radius 1 is 1.05 bits per heavy atom. The summed E-state index contributed by atoms with van der Waals surface area (Å²) in [5.74, 6) is 0.602. The number of nitrogens with one attached hydrogen (secondary N) is 1. The SMILES string of the molecule is COc1ccc(NC(=O)CN2C(=O)S/C(=C/c3cc(Br)c(OCc4ccc(I)cc4)c(OC)c3)C2=O)cc1. The predicted molar refractivity (Wildman–Crippen MR) is 158 cm³/mol. The topological polar surface area (TPSA) is 94.2 Å². The molecule has 11 heteroatoms. The highest BCUT2D eigenvalue weighted by molar-refractivity contribution is 14.1. The van der Waals surface area contributed by atoms with Gasteiger partial charge in [-0.1, -0.05) is 12.1 Å². The molecule has 1 aliphatic heterocycles. The van der Waals surface area contributed by atoms with Gasteiger partial charge in [0.2, 0.25) is 5.91 Å². The van der Waals surface area contributed by atoms with Crippen LogP contribution in [0.4, 0.5) is 10.5 Å². The van der Waals surface area contributed by atoms with Crippen LogP contribution in [0.1, 0.15) is 11.1 Å². The summed E-state index contributed by atoms with van der Waals surface area (Å²) in [6, 6.07) is 18.2. The van der Waals surface area contributed by atoms with Crippen LogP contribution in [0.15, 0.2) is 70.0 Å². The third kappa shape index (κ3) is 6.88. The molecule has 0 saturated carbocycles. The second kappa shape index (κ2) is 12.7. The van der Waals surface area contributed by atoms with Gasteiger partial charge in [0.15, 0.2) is 11.5 Å². The Bertz CT molecular complexity index is 1400. The first-order chi connectivity index (χ1) is 18.3. The van der Waals surface area contributed by atoms with E-state index >= 15 is 0 Å². The third-order valence-corrected chi connectivity index (χ3v) is 7.61. The molecule has 0 atom stereocenters. The largest absolute Gasteiger partial charge is 0.497 e. The van der Waals surface area contributed by atoms with Crippen molar-refractivity contribution in [3.8, 4) is 17.2 Å². The van der Waals surface area contributed by atoms with Crippen molar-refractivity contribution in [3.05, 3.63) is 84.7 Å². The van der Waals surface area contributed by atoms with Gasteiger partial charge in [0.1, 0.15) is 18.9 Å². The van der Waals surface area contributed by atoms with Gasteiger partial charge in [-0.15, -0.1) is 0 Å². The van der Waals surface area contributed by atoms with Crippen molar-refractivity contribution < 1.29 is 28.6 Å². The summed E-state index contributed by atoms with van der Waals surface area (Å²) < 4.78 is 18.4. The first kappa shape index (κ1) is 28.0. The molecule has 1 heterocycles. The van der Waals surface area contributed by atoms with Crippen LogP contribution in [0.2, 0.25) is 0 Å². The first-order valence-corrected chi connectivity index (χ1v) is 13.9. The summed E-state index contributed by atoms with van der Waals surface area (Å²) in [6.07, 6.45) is 1.59. The van der Waals surface area contributed by atoms with Crippen molar-refractivity contribution in [2.24, 2.45) is 0 Å². The Labute approximate surface area is 246 Å². The highest BCUT2D eigenvalue weighted by Gasteiger charge is 2.36. The molecule has 8 nitrogen and oxygen atoms in total. The minimum atomic E-state index is -0.543. The van der Waals surface area contributed by atoms with Crippen LogP contribution in [0, 0.1) is 3.57 Å². The van der Waals surface area contributed by atoms with E-state index in [4.69, 9.17) is 14.2 Å². The molecule has 38 heavy (non-hydrogen) atoms. The lowest BCUT2D eigenvalue weighted by Crippen LogP contribution is -2.36. The van der Waals surface area contributed by atoms with E-state index in [1.54, 1.807) is 49.6 Å². The Morgan fingerprint density at radius 2 is 1.76 bits per heavy atom. The number of nitrogens with zero attached hydrogens (tertiary/aromatic N) is 1. The van der Waals surface area contributed by atoms with Crippen molar-refractivity contribution in [1.82, 2.24) is 4.90 Å². The summed E-state index contributed by atoms with van der Waals surface area (Å²) in [7, 11) is 3.07. The molecular weight excluding hydrogens is 687 g/mol. The van der Waals surface area contributed by atoms with E-state index in [0.717, 1.165) is 25.8 Å². The number of anilines is 1. The maximum absolute atomic E-state index is 12.9. The third-order valence-electron chi connectivity index (χ3n) is 5.40. The van der Waals surface area contributed by atoms with Gasteiger partial charge in [0.05, 0.1) is 23.6 Å². The molecule has 0 radical (unpaired) electrons. The molecule has 196 valence electrons. The van der Waals surface area contributed by atoms with Crippen molar-refractivity contribution in [3.63, 3.8) is 0 Å². The van der Waals surface area contributed by atoms with Gasteiger partial charge >= 0.3 is 0 Å². The fraction of sp³-hybridized carbons (Fsp3) is 0.148. The van der Waals surface area contributed by atoms with Gasteiger partial charge in [0, 0.05) is 9.26 Å². The quantitative estimate of drug-likeness (QED) is 0.205. The molecule has 1 fully saturated rings. The second-order valence-corrected chi connectivity index (χ2v) is 11.1. The van der Waals surface area contributed by atoms with Crippen LogP contribution in [-0.4, -0.2) is 42.7 Å². The van der Waals surface area contributed by atoms with Crippen LogP contribution in [0.3, 0.4) is 0 Å². The predicted octanol–water partition coefficient (Wildman–Crippen LogP) is 6.32. The van der Waals surface area contributed by atoms with E-state index in [-0.39, 0.29) is 4.91 Å². The van der Waals surface area contributed by atoms with Gasteiger partial charge in [-0.3, -0.25) is 19.3 Å².